The van der Waals surface area contributed by atoms with Gasteiger partial charge in [0.2, 0.25) is 17.6 Å². The topological polar surface area (TPSA) is 119 Å². The van der Waals surface area contributed by atoms with Gasteiger partial charge in [-0.25, -0.2) is 4.98 Å². The van der Waals surface area contributed by atoms with E-state index in [1.165, 1.54) is 5.56 Å². The molecule has 2 aromatic carbocycles. The van der Waals surface area contributed by atoms with Crippen molar-refractivity contribution in [2.75, 3.05) is 58.1 Å². The molecular weight excluding hydrogens is 560 g/mol. The number of anilines is 3. The number of ether oxygens (including phenoxy) is 3. The maximum absolute atomic E-state index is 12.2. The van der Waals surface area contributed by atoms with Gasteiger partial charge in [-0.2, -0.15) is 9.97 Å². The van der Waals surface area contributed by atoms with E-state index in [1.54, 1.807) is 27.7 Å². The van der Waals surface area contributed by atoms with Gasteiger partial charge in [0.05, 0.1) is 27.7 Å². The monoisotopic (exact) mass is 600 g/mol. The minimum atomic E-state index is 0.203. The van der Waals surface area contributed by atoms with E-state index in [9.17, 15) is 4.79 Å². The lowest BCUT2D eigenvalue weighted by molar-refractivity contribution is -0.127. The first-order chi connectivity index (χ1) is 21.5. The van der Waals surface area contributed by atoms with Gasteiger partial charge in [-0.1, -0.05) is 30.3 Å². The molecule has 0 saturated carbocycles. The van der Waals surface area contributed by atoms with Crippen molar-refractivity contribution in [1.29, 1.82) is 0 Å². The molecule has 0 unspecified atom stereocenters. The molecule has 2 aliphatic rings. The summed E-state index contributed by atoms with van der Waals surface area (Å²) in [5, 5.41) is 7.03. The van der Waals surface area contributed by atoms with Crippen LogP contribution in [-0.2, 0) is 17.9 Å². The van der Waals surface area contributed by atoms with Crippen molar-refractivity contribution < 1.29 is 19.0 Å². The zero-order valence-corrected chi connectivity index (χ0v) is 25.6. The number of rotatable bonds is 12. The predicted molar refractivity (Wildman–Crippen MR) is 169 cm³/mol. The van der Waals surface area contributed by atoms with Crippen molar-refractivity contribution in [3.05, 3.63) is 54.4 Å². The fourth-order valence-corrected chi connectivity index (χ4v) is 5.99. The molecule has 0 radical (unpaired) electrons. The maximum atomic E-state index is 12.2. The van der Waals surface area contributed by atoms with Crippen LogP contribution in [0.4, 0.5) is 17.5 Å². The number of imidazole rings is 1. The van der Waals surface area contributed by atoms with Crippen molar-refractivity contribution >= 4 is 34.5 Å². The maximum Gasteiger partial charge on any atom is 0.231 e. The first-order valence-corrected chi connectivity index (χ1v) is 15.1. The summed E-state index contributed by atoms with van der Waals surface area (Å²) in [6, 6.07) is 14.5. The van der Waals surface area contributed by atoms with Crippen LogP contribution in [0.3, 0.4) is 0 Å². The first kappa shape index (κ1) is 29.5. The Morgan fingerprint density at radius 2 is 1.68 bits per heavy atom. The predicted octanol–water partition coefficient (Wildman–Crippen LogP) is 4.29. The number of hydrogen-bond donors (Lipinski definition) is 2. The molecule has 232 valence electrons. The molecule has 12 heteroatoms. The van der Waals surface area contributed by atoms with Gasteiger partial charge in [0, 0.05) is 69.6 Å². The van der Waals surface area contributed by atoms with Crippen LogP contribution in [0, 0.1) is 0 Å². The summed E-state index contributed by atoms with van der Waals surface area (Å²) >= 11 is 0. The lowest BCUT2D eigenvalue weighted by atomic mass is 10.0. The number of fused-ring (bicyclic) bond motifs is 1. The second-order valence-electron chi connectivity index (χ2n) is 11.2. The molecule has 0 spiro atoms. The van der Waals surface area contributed by atoms with E-state index in [1.807, 2.05) is 21.6 Å². The third-order valence-electron chi connectivity index (χ3n) is 8.34. The molecule has 0 bridgehead atoms. The van der Waals surface area contributed by atoms with Crippen LogP contribution >= 0.6 is 0 Å². The van der Waals surface area contributed by atoms with Crippen molar-refractivity contribution in [3.63, 3.8) is 0 Å². The van der Waals surface area contributed by atoms with E-state index < -0.39 is 0 Å². The summed E-state index contributed by atoms with van der Waals surface area (Å²) in [5.74, 6) is 2.85. The van der Waals surface area contributed by atoms with Crippen LogP contribution < -0.4 is 24.8 Å². The Labute approximate surface area is 257 Å². The quantitative estimate of drug-likeness (QED) is 0.244. The molecule has 0 aliphatic carbocycles. The van der Waals surface area contributed by atoms with Gasteiger partial charge >= 0.3 is 0 Å². The zero-order chi connectivity index (χ0) is 30.5. The molecule has 4 aromatic rings. The third kappa shape index (κ3) is 6.49. The molecule has 2 aliphatic heterocycles. The van der Waals surface area contributed by atoms with Gasteiger partial charge in [-0.05, 0) is 24.8 Å². The number of benzene rings is 2. The number of methoxy groups -OCH3 is 3. The average molecular weight is 601 g/mol. The molecule has 2 saturated heterocycles. The van der Waals surface area contributed by atoms with Gasteiger partial charge in [-0.15, -0.1) is 0 Å². The zero-order valence-electron chi connectivity index (χ0n) is 25.6. The summed E-state index contributed by atoms with van der Waals surface area (Å²) < 4.78 is 18.6. The third-order valence-corrected chi connectivity index (χ3v) is 8.34. The SMILES string of the molecule is COc1cc(Nc2nc(NC3CCN(Cc4ccccc4)CC3)c3ncn(CCN4CCCC4=O)c3n2)cc(OC)c1OC. The number of nitrogens with zero attached hydrogens (tertiary/aromatic N) is 6. The van der Waals surface area contributed by atoms with Crippen LogP contribution in [0.25, 0.3) is 11.2 Å². The van der Waals surface area contributed by atoms with Crippen molar-refractivity contribution in [2.45, 2.75) is 44.8 Å². The highest BCUT2D eigenvalue weighted by Gasteiger charge is 2.24. The Morgan fingerprint density at radius 1 is 0.932 bits per heavy atom. The number of nitrogens with one attached hydrogen (secondary N) is 2. The minimum Gasteiger partial charge on any atom is -0.493 e. The highest BCUT2D eigenvalue weighted by atomic mass is 16.5. The molecule has 4 heterocycles. The van der Waals surface area contributed by atoms with E-state index in [0.717, 1.165) is 45.4 Å². The van der Waals surface area contributed by atoms with Crippen molar-refractivity contribution in [3.8, 4) is 17.2 Å². The fraction of sp³-hybridized carbons (Fsp3) is 0.438. The van der Waals surface area contributed by atoms with Gasteiger partial charge in [0.1, 0.15) is 0 Å². The fourth-order valence-electron chi connectivity index (χ4n) is 5.99. The highest BCUT2D eigenvalue weighted by Crippen LogP contribution is 2.40. The van der Waals surface area contributed by atoms with Crippen LogP contribution in [0.15, 0.2) is 48.8 Å². The summed E-state index contributed by atoms with van der Waals surface area (Å²) in [4.78, 5) is 31.1. The van der Waals surface area contributed by atoms with Crippen molar-refractivity contribution in [1.82, 2.24) is 29.3 Å². The lowest BCUT2D eigenvalue weighted by Gasteiger charge is -2.32. The van der Waals surface area contributed by atoms with E-state index in [0.29, 0.717) is 65.4 Å². The molecule has 1 amide bonds. The van der Waals surface area contributed by atoms with Gasteiger partial charge < -0.3 is 34.3 Å². The first-order valence-electron chi connectivity index (χ1n) is 15.1. The smallest absolute Gasteiger partial charge is 0.231 e. The standard InChI is InChI=1S/C32H40N8O4/c1-42-25-18-24(19-26(43-2)29(25)44-3)35-32-36-30(34-23-11-14-38(15-12-23)20-22-8-5-4-6-9-22)28-31(37-32)40(21-33-28)17-16-39-13-7-10-27(39)41/h4-6,8-9,18-19,21,23H,7,10-17,20H2,1-3H3,(H2,34,35,36,37). The second-order valence-corrected chi connectivity index (χ2v) is 11.2. The summed E-state index contributed by atoms with van der Waals surface area (Å²) in [6.45, 7) is 4.96. The van der Waals surface area contributed by atoms with E-state index in [-0.39, 0.29) is 11.9 Å². The number of carbonyl (C=O) groups is 1. The molecule has 12 nitrogen and oxygen atoms in total. The molecule has 2 aromatic heterocycles. The van der Waals surface area contributed by atoms with Crippen LogP contribution in [0.2, 0.25) is 0 Å². The Hall–Kier alpha value is -4.58. The molecule has 2 N–H and O–H groups in total. The van der Waals surface area contributed by atoms with Gasteiger partial charge in [0.25, 0.3) is 0 Å². The normalized spacial score (nSPS) is 16.0. The minimum absolute atomic E-state index is 0.203. The number of carbonyl (C=O) groups excluding carboxylic acids is 1. The number of amides is 1. The molecule has 44 heavy (non-hydrogen) atoms. The van der Waals surface area contributed by atoms with E-state index in [2.05, 4.69) is 45.9 Å². The Morgan fingerprint density at radius 3 is 2.34 bits per heavy atom. The number of likely N-dealkylation sites (tertiary alicyclic amines) is 2. The summed E-state index contributed by atoms with van der Waals surface area (Å²) in [5.41, 5.74) is 3.43. The number of hydrogen-bond acceptors (Lipinski definition) is 10. The highest BCUT2D eigenvalue weighted by molar-refractivity contribution is 5.85. The van der Waals surface area contributed by atoms with E-state index >= 15 is 0 Å². The average Bonchev–Trinajstić information content (AvgIpc) is 3.66. The summed E-state index contributed by atoms with van der Waals surface area (Å²) in [6.07, 6.45) is 5.30. The molecule has 6 rings (SSSR count). The second kappa shape index (κ2) is 13.4. The van der Waals surface area contributed by atoms with Crippen molar-refractivity contribution in [2.24, 2.45) is 0 Å². The molecule has 2 fully saturated rings. The van der Waals surface area contributed by atoms with Crippen LogP contribution in [-0.4, -0.2) is 88.8 Å². The Balaban J connectivity index is 1.25. The molecular formula is C32H40N8O4. The Bertz CT molecular complexity index is 1560. The largest absolute Gasteiger partial charge is 0.493 e. The Kier molecular flexibility index (Phi) is 8.96. The van der Waals surface area contributed by atoms with E-state index in [4.69, 9.17) is 29.2 Å². The molecule has 0 atom stereocenters. The van der Waals surface area contributed by atoms with Gasteiger partial charge in [-0.3, -0.25) is 9.69 Å². The van der Waals surface area contributed by atoms with Crippen LogP contribution in [0.1, 0.15) is 31.2 Å². The summed E-state index contributed by atoms with van der Waals surface area (Å²) in [7, 11) is 4.74. The van der Waals surface area contributed by atoms with Crippen LogP contribution in [0.5, 0.6) is 17.2 Å². The number of piperidine rings is 1. The number of aromatic nitrogens is 4. The van der Waals surface area contributed by atoms with Gasteiger partial charge in [0.15, 0.2) is 28.5 Å². The lowest BCUT2D eigenvalue weighted by Crippen LogP contribution is -2.38.